The zero-order chi connectivity index (χ0) is 25.4. The summed E-state index contributed by atoms with van der Waals surface area (Å²) in [6, 6.07) is 21.7. The Bertz CT molecular complexity index is 1520. The molecule has 10 heteroatoms. The number of nitrogens with zero attached hydrogens (tertiary/aromatic N) is 3. The van der Waals surface area contributed by atoms with Crippen LogP contribution < -0.4 is 19.3 Å². The molecule has 0 atom stereocenters. The average molecular weight is 538 g/mol. The van der Waals surface area contributed by atoms with E-state index in [-0.39, 0.29) is 21.7 Å². The summed E-state index contributed by atoms with van der Waals surface area (Å²) in [5.74, 6) is 1.36. The molecule has 8 nitrogen and oxygen atoms in total. The SMILES string of the molecule is O=S(=O)(c1ccc2c(c1)OCCO2)c1nc(-c2ccc(Cl)cc2)oc1N1CCN(c2ccccc2)CC1. The first kappa shape index (κ1) is 23.7. The predicted molar refractivity (Wildman–Crippen MR) is 141 cm³/mol. The number of aromatic nitrogens is 1. The third kappa shape index (κ3) is 4.60. The molecular weight excluding hydrogens is 514 g/mol. The summed E-state index contributed by atoms with van der Waals surface area (Å²) in [5.41, 5.74) is 1.77. The van der Waals surface area contributed by atoms with Crippen LogP contribution in [0.3, 0.4) is 0 Å². The highest BCUT2D eigenvalue weighted by molar-refractivity contribution is 7.91. The van der Waals surface area contributed by atoms with Crippen LogP contribution in [0.4, 0.5) is 11.6 Å². The Morgan fingerprint density at radius 2 is 1.46 bits per heavy atom. The number of oxazole rings is 1. The zero-order valence-corrected chi connectivity index (χ0v) is 21.4. The fourth-order valence-electron chi connectivity index (χ4n) is 4.50. The van der Waals surface area contributed by atoms with Crippen LogP contribution in [0.5, 0.6) is 11.5 Å². The Morgan fingerprint density at radius 3 is 2.19 bits per heavy atom. The van der Waals surface area contributed by atoms with E-state index >= 15 is 0 Å². The molecule has 0 unspecified atom stereocenters. The molecule has 1 fully saturated rings. The normalized spacial score (nSPS) is 15.6. The van der Waals surface area contributed by atoms with Crippen molar-refractivity contribution in [3.63, 3.8) is 0 Å². The van der Waals surface area contributed by atoms with Crippen LogP contribution in [0.25, 0.3) is 11.5 Å². The van der Waals surface area contributed by atoms with Gasteiger partial charge in [0.1, 0.15) is 13.2 Å². The quantitative estimate of drug-likeness (QED) is 0.354. The summed E-state index contributed by atoms with van der Waals surface area (Å²) in [6.45, 7) is 3.36. The van der Waals surface area contributed by atoms with Crippen LogP contribution in [0.2, 0.25) is 5.02 Å². The lowest BCUT2D eigenvalue weighted by Crippen LogP contribution is -2.46. The highest BCUT2D eigenvalue weighted by Gasteiger charge is 2.33. The van der Waals surface area contributed by atoms with Crippen molar-refractivity contribution >= 4 is 33.0 Å². The molecule has 0 saturated carbocycles. The molecule has 0 amide bonds. The van der Waals surface area contributed by atoms with Gasteiger partial charge in [-0.25, -0.2) is 8.42 Å². The number of para-hydroxylation sites is 1. The van der Waals surface area contributed by atoms with Gasteiger partial charge in [-0.3, -0.25) is 0 Å². The van der Waals surface area contributed by atoms with Crippen molar-refractivity contribution < 1.29 is 22.3 Å². The molecule has 3 aromatic carbocycles. The van der Waals surface area contributed by atoms with Gasteiger partial charge in [-0.1, -0.05) is 29.8 Å². The number of ether oxygens (including phenoxy) is 2. The van der Waals surface area contributed by atoms with Crippen molar-refractivity contribution in [2.75, 3.05) is 49.2 Å². The molecule has 0 aliphatic carbocycles. The van der Waals surface area contributed by atoms with Crippen LogP contribution in [0, 0.1) is 0 Å². The molecule has 4 aromatic rings. The summed E-state index contributed by atoms with van der Waals surface area (Å²) in [4.78, 5) is 8.77. The smallest absolute Gasteiger partial charge is 0.236 e. The molecule has 190 valence electrons. The molecule has 6 rings (SSSR count). The van der Waals surface area contributed by atoms with E-state index in [1.165, 1.54) is 12.1 Å². The van der Waals surface area contributed by atoms with Crippen molar-refractivity contribution in [3.8, 4) is 23.0 Å². The number of benzene rings is 3. The van der Waals surface area contributed by atoms with Crippen LogP contribution >= 0.6 is 11.6 Å². The van der Waals surface area contributed by atoms with E-state index < -0.39 is 9.84 Å². The number of rotatable bonds is 5. The molecule has 2 aliphatic heterocycles. The van der Waals surface area contributed by atoms with E-state index in [1.807, 2.05) is 23.1 Å². The Hall–Kier alpha value is -3.69. The molecule has 0 spiro atoms. The Balaban J connectivity index is 1.37. The lowest BCUT2D eigenvalue weighted by atomic mass is 10.2. The number of sulfone groups is 1. The predicted octanol–water partition coefficient (Wildman–Crippen LogP) is 4.93. The average Bonchev–Trinajstić information content (AvgIpc) is 3.40. The van der Waals surface area contributed by atoms with Crippen LogP contribution in [-0.4, -0.2) is 52.8 Å². The van der Waals surface area contributed by atoms with Gasteiger partial charge >= 0.3 is 0 Å². The van der Waals surface area contributed by atoms with Gasteiger partial charge in [-0.15, -0.1) is 0 Å². The van der Waals surface area contributed by atoms with Crippen LogP contribution in [0.15, 0.2) is 87.1 Å². The minimum absolute atomic E-state index is 0.0666. The Kier molecular flexibility index (Phi) is 6.18. The molecule has 2 aliphatic rings. The van der Waals surface area contributed by atoms with E-state index in [0.29, 0.717) is 61.5 Å². The highest BCUT2D eigenvalue weighted by Crippen LogP contribution is 2.38. The van der Waals surface area contributed by atoms with Crippen LogP contribution in [0.1, 0.15) is 0 Å². The maximum Gasteiger partial charge on any atom is 0.236 e. The fourth-order valence-corrected chi connectivity index (χ4v) is 5.96. The van der Waals surface area contributed by atoms with Gasteiger partial charge < -0.3 is 23.7 Å². The lowest BCUT2D eigenvalue weighted by Gasteiger charge is -2.36. The largest absolute Gasteiger partial charge is 0.486 e. The van der Waals surface area contributed by atoms with E-state index in [4.69, 9.17) is 25.5 Å². The maximum absolute atomic E-state index is 13.9. The lowest BCUT2D eigenvalue weighted by molar-refractivity contribution is 0.171. The van der Waals surface area contributed by atoms with Crippen molar-refractivity contribution in [3.05, 3.63) is 77.8 Å². The molecule has 0 radical (unpaired) electrons. The maximum atomic E-state index is 13.9. The number of hydrogen-bond donors (Lipinski definition) is 0. The van der Waals surface area contributed by atoms with Crippen LogP contribution in [-0.2, 0) is 9.84 Å². The summed E-state index contributed by atoms with van der Waals surface area (Å²) in [6.07, 6.45) is 0. The first-order chi connectivity index (χ1) is 18.0. The van der Waals surface area contributed by atoms with Gasteiger partial charge in [0.05, 0.1) is 4.90 Å². The standard InChI is InChI=1S/C27H24ClN3O5S/c28-20-8-6-19(7-9-20)25-29-26(37(32,33)22-10-11-23-24(18-22)35-17-16-34-23)27(36-25)31-14-12-30(13-15-31)21-4-2-1-3-5-21/h1-11,18H,12-17H2. The zero-order valence-electron chi connectivity index (χ0n) is 19.8. The fraction of sp³-hybridized carbons (Fsp3) is 0.222. The van der Waals surface area contributed by atoms with Crippen molar-refractivity contribution in [1.82, 2.24) is 4.98 Å². The number of halogens is 1. The number of anilines is 2. The molecule has 0 N–H and O–H groups in total. The monoisotopic (exact) mass is 537 g/mol. The Morgan fingerprint density at radius 1 is 0.784 bits per heavy atom. The van der Waals surface area contributed by atoms with Crippen molar-refractivity contribution in [1.29, 1.82) is 0 Å². The van der Waals surface area contributed by atoms with Gasteiger partial charge in [-0.05, 0) is 48.5 Å². The van der Waals surface area contributed by atoms with Gasteiger partial charge in [0.25, 0.3) is 0 Å². The number of hydrogen-bond acceptors (Lipinski definition) is 8. The molecule has 1 aromatic heterocycles. The summed E-state index contributed by atoms with van der Waals surface area (Å²) in [7, 11) is -4.04. The molecule has 37 heavy (non-hydrogen) atoms. The van der Waals surface area contributed by atoms with E-state index in [2.05, 4.69) is 22.0 Å². The minimum atomic E-state index is -4.04. The number of piperazine rings is 1. The first-order valence-electron chi connectivity index (χ1n) is 12.0. The van der Waals surface area contributed by atoms with Gasteiger partial charge in [0, 0.05) is 48.5 Å². The molecular formula is C27H24ClN3O5S. The van der Waals surface area contributed by atoms with E-state index in [0.717, 1.165) is 5.69 Å². The second-order valence-electron chi connectivity index (χ2n) is 8.75. The second kappa shape index (κ2) is 9.64. The third-order valence-corrected chi connectivity index (χ3v) is 8.34. The van der Waals surface area contributed by atoms with Gasteiger partial charge in [0.2, 0.25) is 26.6 Å². The summed E-state index contributed by atoms with van der Waals surface area (Å²) >= 11 is 6.05. The van der Waals surface area contributed by atoms with Gasteiger partial charge in [-0.2, -0.15) is 4.98 Å². The van der Waals surface area contributed by atoms with E-state index in [1.54, 1.807) is 30.3 Å². The van der Waals surface area contributed by atoms with Gasteiger partial charge in [0.15, 0.2) is 11.5 Å². The highest BCUT2D eigenvalue weighted by atomic mass is 35.5. The Labute approximate surface area is 219 Å². The third-order valence-electron chi connectivity index (χ3n) is 6.44. The van der Waals surface area contributed by atoms with Crippen molar-refractivity contribution in [2.45, 2.75) is 9.92 Å². The summed E-state index contributed by atoms with van der Waals surface area (Å²) < 4.78 is 45.1. The summed E-state index contributed by atoms with van der Waals surface area (Å²) in [5, 5.41) is 0.443. The number of fused-ring (bicyclic) bond motifs is 1. The molecule has 3 heterocycles. The topological polar surface area (TPSA) is 85.1 Å². The minimum Gasteiger partial charge on any atom is -0.486 e. The molecule has 0 bridgehead atoms. The van der Waals surface area contributed by atoms with E-state index in [9.17, 15) is 8.42 Å². The van der Waals surface area contributed by atoms with Crippen molar-refractivity contribution in [2.24, 2.45) is 0 Å². The molecule has 1 saturated heterocycles. The second-order valence-corrected chi connectivity index (χ2v) is 11.1. The first-order valence-corrected chi connectivity index (χ1v) is 13.8.